The Morgan fingerprint density at radius 3 is 1.50 bits per heavy atom. The summed E-state index contributed by atoms with van der Waals surface area (Å²) in [5.74, 6) is 1.62. The first-order valence-corrected chi connectivity index (χ1v) is 9.91. The molecular formula is C25H28O3. The maximum Gasteiger partial charge on any atom is 0.115 e. The Morgan fingerprint density at radius 2 is 1.04 bits per heavy atom. The van der Waals surface area contributed by atoms with Crippen molar-refractivity contribution in [3.05, 3.63) is 89.5 Å². The second-order valence-electron chi connectivity index (χ2n) is 7.43. The summed E-state index contributed by atoms with van der Waals surface area (Å²) in [6.45, 7) is 2.20. The van der Waals surface area contributed by atoms with Gasteiger partial charge in [0.1, 0.15) is 17.2 Å². The van der Waals surface area contributed by atoms with Crippen LogP contribution in [0.25, 0.3) is 0 Å². The van der Waals surface area contributed by atoms with Gasteiger partial charge in [-0.05, 0) is 90.6 Å². The van der Waals surface area contributed by atoms with Crippen LogP contribution in [0, 0.1) is 0 Å². The van der Waals surface area contributed by atoms with Crippen LogP contribution in [0.1, 0.15) is 54.7 Å². The normalized spacial score (nSPS) is 13.2. The third-order valence-electron chi connectivity index (χ3n) is 5.51. The lowest BCUT2D eigenvalue weighted by atomic mass is 9.81. The van der Waals surface area contributed by atoms with Crippen LogP contribution in [0.3, 0.4) is 0 Å². The summed E-state index contributed by atoms with van der Waals surface area (Å²) >= 11 is 0. The quantitative estimate of drug-likeness (QED) is 0.445. The van der Waals surface area contributed by atoms with Crippen LogP contribution in [0.5, 0.6) is 17.2 Å². The van der Waals surface area contributed by atoms with Crippen molar-refractivity contribution in [1.82, 2.24) is 0 Å². The highest BCUT2D eigenvalue weighted by molar-refractivity contribution is 5.32. The van der Waals surface area contributed by atoms with Crippen molar-refractivity contribution < 1.29 is 15.3 Å². The first kappa shape index (κ1) is 19.8. The standard InChI is InChI=1S/C25H28O3/c1-2-19(20-7-13-24(27)14-8-20)17-22(21-9-15-25(28)16-10-21)6-3-18-4-11-23(26)12-5-18/h4-5,7-16,19,22,26-28H,2-3,6,17H2,1H3. The average molecular weight is 376 g/mol. The number of phenols is 3. The fourth-order valence-electron chi connectivity index (χ4n) is 3.80. The molecule has 0 spiro atoms. The zero-order chi connectivity index (χ0) is 19.9. The average Bonchev–Trinajstić information content (AvgIpc) is 2.71. The van der Waals surface area contributed by atoms with E-state index in [-0.39, 0.29) is 11.5 Å². The Kier molecular flexibility index (Phi) is 6.59. The number of aromatic hydroxyl groups is 3. The van der Waals surface area contributed by atoms with E-state index in [0.717, 1.165) is 25.7 Å². The highest BCUT2D eigenvalue weighted by atomic mass is 16.3. The molecule has 0 saturated carbocycles. The summed E-state index contributed by atoms with van der Waals surface area (Å²) in [6, 6.07) is 22.5. The molecule has 0 saturated heterocycles. The van der Waals surface area contributed by atoms with Crippen LogP contribution in [0.4, 0.5) is 0 Å². The van der Waals surface area contributed by atoms with Crippen molar-refractivity contribution in [1.29, 1.82) is 0 Å². The van der Waals surface area contributed by atoms with Gasteiger partial charge in [-0.3, -0.25) is 0 Å². The van der Waals surface area contributed by atoms with Gasteiger partial charge in [0.25, 0.3) is 0 Å². The lowest BCUT2D eigenvalue weighted by Crippen LogP contribution is -2.08. The van der Waals surface area contributed by atoms with Crippen LogP contribution in [-0.4, -0.2) is 15.3 Å². The molecule has 0 aromatic heterocycles. The van der Waals surface area contributed by atoms with E-state index in [1.165, 1.54) is 16.7 Å². The lowest BCUT2D eigenvalue weighted by molar-refractivity contribution is 0.470. The van der Waals surface area contributed by atoms with Gasteiger partial charge < -0.3 is 15.3 Å². The highest BCUT2D eigenvalue weighted by Crippen LogP contribution is 2.36. The molecule has 0 amide bonds. The van der Waals surface area contributed by atoms with Crippen molar-refractivity contribution in [3.63, 3.8) is 0 Å². The number of benzene rings is 3. The molecule has 2 atom stereocenters. The van der Waals surface area contributed by atoms with Crippen LogP contribution < -0.4 is 0 Å². The maximum absolute atomic E-state index is 9.66. The second kappa shape index (κ2) is 9.32. The molecule has 3 aromatic carbocycles. The summed E-state index contributed by atoms with van der Waals surface area (Å²) in [4.78, 5) is 0. The third-order valence-corrected chi connectivity index (χ3v) is 5.51. The minimum Gasteiger partial charge on any atom is -0.508 e. The molecule has 28 heavy (non-hydrogen) atoms. The second-order valence-corrected chi connectivity index (χ2v) is 7.43. The predicted molar refractivity (Wildman–Crippen MR) is 113 cm³/mol. The van der Waals surface area contributed by atoms with Crippen molar-refractivity contribution in [2.75, 3.05) is 0 Å². The van der Waals surface area contributed by atoms with E-state index < -0.39 is 0 Å². The SMILES string of the molecule is CCC(CC(CCc1ccc(O)cc1)c1ccc(O)cc1)c1ccc(O)cc1. The molecule has 3 nitrogen and oxygen atoms in total. The third kappa shape index (κ3) is 5.29. The summed E-state index contributed by atoms with van der Waals surface area (Å²) in [5, 5.41) is 28.7. The smallest absolute Gasteiger partial charge is 0.115 e. The van der Waals surface area contributed by atoms with Gasteiger partial charge in [-0.15, -0.1) is 0 Å². The summed E-state index contributed by atoms with van der Waals surface area (Å²) in [5.41, 5.74) is 3.68. The number of hydrogen-bond donors (Lipinski definition) is 3. The molecule has 0 bridgehead atoms. The highest BCUT2D eigenvalue weighted by Gasteiger charge is 2.19. The fraction of sp³-hybridized carbons (Fsp3) is 0.280. The Morgan fingerprint density at radius 1 is 0.607 bits per heavy atom. The minimum absolute atomic E-state index is 0.284. The van der Waals surface area contributed by atoms with Gasteiger partial charge in [0, 0.05) is 0 Å². The van der Waals surface area contributed by atoms with Gasteiger partial charge in [0.05, 0.1) is 0 Å². The maximum atomic E-state index is 9.66. The zero-order valence-corrected chi connectivity index (χ0v) is 16.3. The molecule has 0 radical (unpaired) electrons. The molecule has 0 fully saturated rings. The number of hydrogen-bond acceptors (Lipinski definition) is 3. The Bertz CT molecular complexity index is 852. The molecule has 3 heteroatoms. The van der Waals surface area contributed by atoms with E-state index in [9.17, 15) is 15.3 Å². The molecule has 3 rings (SSSR count). The van der Waals surface area contributed by atoms with Crippen LogP contribution >= 0.6 is 0 Å². The van der Waals surface area contributed by atoms with E-state index in [4.69, 9.17) is 0 Å². The van der Waals surface area contributed by atoms with E-state index in [2.05, 4.69) is 6.92 Å². The van der Waals surface area contributed by atoms with Gasteiger partial charge in [-0.2, -0.15) is 0 Å². The van der Waals surface area contributed by atoms with Crippen molar-refractivity contribution in [2.45, 2.75) is 44.4 Å². The van der Waals surface area contributed by atoms with Crippen molar-refractivity contribution in [2.24, 2.45) is 0 Å². The molecule has 146 valence electrons. The van der Waals surface area contributed by atoms with E-state index in [0.29, 0.717) is 17.6 Å². The van der Waals surface area contributed by atoms with Crippen molar-refractivity contribution in [3.8, 4) is 17.2 Å². The minimum atomic E-state index is 0.284. The largest absolute Gasteiger partial charge is 0.508 e. The van der Waals surface area contributed by atoms with Gasteiger partial charge in [0.15, 0.2) is 0 Å². The summed E-state index contributed by atoms with van der Waals surface area (Å²) < 4.78 is 0. The van der Waals surface area contributed by atoms with Crippen LogP contribution in [0.2, 0.25) is 0 Å². The van der Waals surface area contributed by atoms with E-state index in [1.54, 1.807) is 36.4 Å². The predicted octanol–water partition coefficient (Wildman–Crippen LogP) is 6.10. The molecule has 0 aliphatic carbocycles. The fourth-order valence-corrected chi connectivity index (χ4v) is 3.80. The molecule has 0 aliphatic heterocycles. The first-order chi connectivity index (χ1) is 13.5. The monoisotopic (exact) mass is 376 g/mol. The van der Waals surface area contributed by atoms with Crippen molar-refractivity contribution >= 4 is 0 Å². The molecular weight excluding hydrogens is 348 g/mol. The molecule has 3 N–H and O–H groups in total. The number of aryl methyl sites for hydroxylation is 1. The molecule has 0 heterocycles. The number of phenolic OH excluding ortho intramolecular Hbond substituents is 3. The van der Waals surface area contributed by atoms with Crippen LogP contribution in [-0.2, 0) is 6.42 Å². The summed E-state index contributed by atoms with van der Waals surface area (Å²) in [7, 11) is 0. The number of rotatable bonds is 8. The Balaban J connectivity index is 1.79. The topological polar surface area (TPSA) is 60.7 Å². The Labute approximate surface area is 166 Å². The summed E-state index contributed by atoms with van der Waals surface area (Å²) in [6.07, 6.45) is 3.95. The zero-order valence-electron chi connectivity index (χ0n) is 16.3. The molecule has 3 aromatic rings. The Hall–Kier alpha value is -2.94. The van der Waals surface area contributed by atoms with Gasteiger partial charge in [-0.1, -0.05) is 43.3 Å². The molecule has 2 unspecified atom stereocenters. The first-order valence-electron chi connectivity index (χ1n) is 9.91. The van der Waals surface area contributed by atoms with Gasteiger partial charge in [0.2, 0.25) is 0 Å². The van der Waals surface area contributed by atoms with Crippen LogP contribution in [0.15, 0.2) is 72.8 Å². The van der Waals surface area contributed by atoms with Gasteiger partial charge >= 0.3 is 0 Å². The van der Waals surface area contributed by atoms with Gasteiger partial charge in [-0.25, -0.2) is 0 Å². The lowest BCUT2D eigenvalue weighted by Gasteiger charge is -2.24. The molecule has 0 aliphatic rings. The van der Waals surface area contributed by atoms with E-state index >= 15 is 0 Å². The van der Waals surface area contributed by atoms with E-state index in [1.807, 2.05) is 36.4 Å².